The summed E-state index contributed by atoms with van der Waals surface area (Å²) in [6.45, 7) is 3.63. The lowest BCUT2D eigenvalue weighted by atomic mass is 9.93. The molecule has 1 amide bonds. The first kappa shape index (κ1) is 14.7. The lowest BCUT2D eigenvalue weighted by Crippen LogP contribution is -2.47. The Labute approximate surface area is 121 Å². The fraction of sp³-hybridized carbons (Fsp3) is 0.500. The highest BCUT2D eigenvalue weighted by Gasteiger charge is 2.33. The van der Waals surface area contributed by atoms with Crippen LogP contribution in [0.5, 0.6) is 0 Å². The molecule has 1 aliphatic rings. The smallest absolute Gasteiger partial charge is 0.308 e. The van der Waals surface area contributed by atoms with Gasteiger partial charge in [0.25, 0.3) is 5.91 Å². The maximum absolute atomic E-state index is 12.4. The minimum atomic E-state index is -0.856. The number of carboxylic acids is 1. The van der Waals surface area contributed by atoms with Gasteiger partial charge in [0.2, 0.25) is 0 Å². The third kappa shape index (κ3) is 2.90. The molecule has 5 nitrogen and oxygen atoms in total. The monoisotopic (exact) mass is 295 g/mol. The molecule has 108 valence electrons. The molecule has 1 N–H and O–H groups in total. The molecule has 2 atom stereocenters. The van der Waals surface area contributed by atoms with Crippen LogP contribution in [0.25, 0.3) is 0 Å². The highest BCUT2D eigenvalue weighted by molar-refractivity contribution is 7.15. The summed E-state index contributed by atoms with van der Waals surface area (Å²) in [5.41, 5.74) is 0. The third-order valence-electron chi connectivity index (χ3n) is 3.66. The predicted molar refractivity (Wildman–Crippen MR) is 75.2 cm³/mol. The van der Waals surface area contributed by atoms with E-state index < -0.39 is 11.9 Å². The molecule has 1 saturated heterocycles. The molecule has 0 bridgehead atoms. The standard InChI is InChI=1S/C14H17NO4S/c1-8-3-4-10(14(18)19)7-15(8)13(17)12-6-5-11(20-12)9(2)16/h5-6,8,10H,3-4,7H2,1-2H3,(H,18,19). The van der Waals surface area contributed by atoms with Crippen molar-refractivity contribution in [3.05, 3.63) is 21.9 Å². The quantitative estimate of drug-likeness (QED) is 0.868. The number of carboxylic acid groups (broad SMARTS) is 1. The van der Waals surface area contributed by atoms with Crippen molar-refractivity contribution in [3.8, 4) is 0 Å². The predicted octanol–water partition coefficient (Wildman–Crippen LogP) is 2.28. The summed E-state index contributed by atoms with van der Waals surface area (Å²) < 4.78 is 0. The van der Waals surface area contributed by atoms with Crippen LogP contribution in [-0.4, -0.2) is 40.3 Å². The molecule has 6 heteroatoms. The minimum Gasteiger partial charge on any atom is -0.481 e. The normalized spacial score (nSPS) is 22.6. The largest absolute Gasteiger partial charge is 0.481 e. The van der Waals surface area contributed by atoms with Crippen molar-refractivity contribution in [1.82, 2.24) is 4.90 Å². The van der Waals surface area contributed by atoms with Gasteiger partial charge in [-0.2, -0.15) is 0 Å². The molecule has 0 radical (unpaired) electrons. The Kier molecular flexibility index (Phi) is 4.23. The van der Waals surface area contributed by atoms with Crippen molar-refractivity contribution in [2.75, 3.05) is 6.54 Å². The highest BCUT2D eigenvalue weighted by Crippen LogP contribution is 2.26. The molecule has 1 aromatic rings. The van der Waals surface area contributed by atoms with Gasteiger partial charge in [0.05, 0.1) is 15.7 Å². The second kappa shape index (κ2) is 5.75. The van der Waals surface area contributed by atoms with E-state index in [4.69, 9.17) is 5.11 Å². The fourth-order valence-electron chi connectivity index (χ4n) is 2.38. The Morgan fingerprint density at radius 2 is 1.90 bits per heavy atom. The maximum atomic E-state index is 12.4. The number of ketones is 1. The van der Waals surface area contributed by atoms with Crippen LogP contribution in [0.2, 0.25) is 0 Å². The van der Waals surface area contributed by atoms with Crippen molar-refractivity contribution in [3.63, 3.8) is 0 Å². The van der Waals surface area contributed by atoms with Crippen LogP contribution in [0.15, 0.2) is 12.1 Å². The second-order valence-electron chi connectivity index (χ2n) is 5.14. The van der Waals surface area contributed by atoms with Crippen molar-refractivity contribution in [2.45, 2.75) is 32.7 Å². The number of hydrogen-bond donors (Lipinski definition) is 1. The van der Waals surface area contributed by atoms with E-state index >= 15 is 0 Å². The zero-order valence-corrected chi connectivity index (χ0v) is 12.3. The molecule has 0 aliphatic carbocycles. The molecular formula is C14H17NO4S. The van der Waals surface area contributed by atoms with Gasteiger partial charge in [-0.05, 0) is 38.8 Å². The van der Waals surface area contributed by atoms with E-state index in [9.17, 15) is 14.4 Å². The van der Waals surface area contributed by atoms with E-state index in [1.807, 2.05) is 6.92 Å². The molecule has 1 fully saturated rings. The van der Waals surface area contributed by atoms with Gasteiger partial charge < -0.3 is 10.0 Å². The summed E-state index contributed by atoms with van der Waals surface area (Å²) in [6.07, 6.45) is 1.29. The van der Waals surface area contributed by atoms with E-state index in [-0.39, 0.29) is 24.3 Å². The number of hydrogen-bond acceptors (Lipinski definition) is 4. The molecule has 2 unspecified atom stereocenters. The number of aliphatic carboxylic acids is 1. The second-order valence-corrected chi connectivity index (χ2v) is 6.22. The van der Waals surface area contributed by atoms with E-state index in [1.165, 1.54) is 18.3 Å². The zero-order chi connectivity index (χ0) is 14.9. The summed E-state index contributed by atoms with van der Waals surface area (Å²) in [6, 6.07) is 3.31. The van der Waals surface area contributed by atoms with Crippen LogP contribution < -0.4 is 0 Å². The van der Waals surface area contributed by atoms with Crippen LogP contribution >= 0.6 is 11.3 Å². The zero-order valence-electron chi connectivity index (χ0n) is 11.5. The molecule has 1 aliphatic heterocycles. The van der Waals surface area contributed by atoms with Crippen LogP contribution in [0.1, 0.15) is 46.0 Å². The van der Waals surface area contributed by atoms with Crippen molar-refractivity contribution in [1.29, 1.82) is 0 Å². The third-order valence-corrected chi connectivity index (χ3v) is 4.83. The summed E-state index contributed by atoms with van der Waals surface area (Å²) >= 11 is 1.17. The molecule has 1 aromatic heterocycles. The Balaban J connectivity index is 2.17. The van der Waals surface area contributed by atoms with E-state index in [0.29, 0.717) is 22.6 Å². The van der Waals surface area contributed by atoms with Gasteiger partial charge in [-0.25, -0.2) is 0 Å². The Hall–Kier alpha value is -1.69. The molecule has 2 heterocycles. The van der Waals surface area contributed by atoms with Crippen molar-refractivity contribution >= 4 is 29.0 Å². The highest BCUT2D eigenvalue weighted by atomic mass is 32.1. The van der Waals surface area contributed by atoms with Crippen molar-refractivity contribution in [2.24, 2.45) is 5.92 Å². The molecule has 0 saturated carbocycles. The van der Waals surface area contributed by atoms with Gasteiger partial charge in [0.15, 0.2) is 5.78 Å². The Morgan fingerprint density at radius 3 is 2.45 bits per heavy atom. The molecular weight excluding hydrogens is 278 g/mol. The minimum absolute atomic E-state index is 0.0287. The summed E-state index contributed by atoms with van der Waals surface area (Å²) in [5, 5.41) is 9.09. The first-order valence-corrected chi connectivity index (χ1v) is 7.36. The number of likely N-dealkylation sites (tertiary alicyclic amines) is 1. The van der Waals surface area contributed by atoms with Crippen LogP contribution in [-0.2, 0) is 4.79 Å². The van der Waals surface area contributed by atoms with Gasteiger partial charge in [-0.3, -0.25) is 14.4 Å². The SMILES string of the molecule is CC(=O)c1ccc(C(=O)N2CC(C(=O)O)CCC2C)s1. The van der Waals surface area contributed by atoms with E-state index in [1.54, 1.807) is 17.0 Å². The van der Waals surface area contributed by atoms with Crippen LogP contribution in [0.3, 0.4) is 0 Å². The maximum Gasteiger partial charge on any atom is 0.308 e. The van der Waals surface area contributed by atoms with Crippen molar-refractivity contribution < 1.29 is 19.5 Å². The number of carbonyl (C=O) groups is 3. The molecule has 0 spiro atoms. The first-order chi connectivity index (χ1) is 9.40. The van der Waals surface area contributed by atoms with Crippen LogP contribution in [0, 0.1) is 5.92 Å². The summed E-state index contributed by atoms with van der Waals surface area (Å²) in [5.74, 6) is -1.60. The summed E-state index contributed by atoms with van der Waals surface area (Å²) in [4.78, 5) is 37.4. The lowest BCUT2D eigenvalue weighted by Gasteiger charge is -2.36. The Bertz CT molecular complexity index is 551. The average molecular weight is 295 g/mol. The number of thiophene rings is 1. The van der Waals surface area contributed by atoms with Gasteiger partial charge in [0.1, 0.15) is 0 Å². The number of amides is 1. The average Bonchev–Trinajstić information content (AvgIpc) is 2.88. The van der Waals surface area contributed by atoms with Gasteiger partial charge in [0, 0.05) is 12.6 Å². The Morgan fingerprint density at radius 1 is 1.25 bits per heavy atom. The number of carbonyl (C=O) groups excluding carboxylic acids is 2. The first-order valence-electron chi connectivity index (χ1n) is 6.54. The lowest BCUT2D eigenvalue weighted by molar-refractivity contribution is -0.143. The van der Waals surface area contributed by atoms with Gasteiger partial charge in [-0.15, -0.1) is 11.3 Å². The van der Waals surface area contributed by atoms with Crippen LogP contribution in [0.4, 0.5) is 0 Å². The number of Topliss-reactive ketones (excluding diaryl/α,β-unsaturated/α-hetero) is 1. The number of rotatable bonds is 3. The molecule has 2 rings (SSSR count). The molecule has 0 aromatic carbocycles. The van der Waals surface area contributed by atoms with E-state index in [2.05, 4.69) is 0 Å². The van der Waals surface area contributed by atoms with Gasteiger partial charge in [-0.1, -0.05) is 0 Å². The number of piperidine rings is 1. The van der Waals surface area contributed by atoms with Gasteiger partial charge >= 0.3 is 5.97 Å². The topological polar surface area (TPSA) is 74.7 Å². The number of nitrogens with zero attached hydrogens (tertiary/aromatic N) is 1. The summed E-state index contributed by atoms with van der Waals surface area (Å²) in [7, 11) is 0. The van der Waals surface area contributed by atoms with E-state index in [0.717, 1.165) is 0 Å². The molecule has 20 heavy (non-hydrogen) atoms. The fourth-order valence-corrected chi connectivity index (χ4v) is 3.23.